The Labute approximate surface area is 173 Å². The van der Waals surface area contributed by atoms with Crippen LogP contribution in [0.3, 0.4) is 0 Å². The fraction of sp³-hybridized carbons (Fsp3) is 0.125. The number of thiazole rings is 1. The van der Waals surface area contributed by atoms with Gasteiger partial charge in [-0.25, -0.2) is 4.98 Å². The molecule has 0 fully saturated rings. The van der Waals surface area contributed by atoms with Crippen LogP contribution in [0, 0.1) is 13.8 Å². The Balaban J connectivity index is 1.63. The third-order valence-corrected chi connectivity index (χ3v) is 5.54. The van der Waals surface area contributed by atoms with Crippen molar-refractivity contribution in [3.63, 3.8) is 0 Å². The van der Waals surface area contributed by atoms with Crippen molar-refractivity contribution in [1.29, 1.82) is 0 Å². The summed E-state index contributed by atoms with van der Waals surface area (Å²) >= 11 is 1.47. The van der Waals surface area contributed by atoms with Crippen molar-refractivity contribution in [2.75, 3.05) is 0 Å². The molecular formula is C24H21N3OS. The van der Waals surface area contributed by atoms with E-state index >= 15 is 0 Å². The van der Waals surface area contributed by atoms with Gasteiger partial charge in [0.2, 0.25) is 0 Å². The Morgan fingerprint density at radius 1 is 1.03 bits per heavy atom. The SMILES string of the molecule is Cc1ccc(-c2nc(C(=O)N=c3ccccn3Cc3ccccc3)cs2)c(C)c1. The van der Waals surface area contributed by atoms with E-state index < -0.39 is 0 Å². The molecule has 2 heterocycles. The average molecular weight is 400 g/mol. The van der Waals surface area contributed by atoms with E-state index in [0.29, 0.717) is 17.7 Å². The predicted molar refractivity (Wildman–Crippen MR) is 117 cm³/mol. The number of carbonyl (C=O) groups is 1. The predicted octanol–water partition coefficient (Wildman–Crippen LogP) is 5.02. The van der Waals surface area contributed by atoms with Crippen LogP contribution in [0.2, 0.25) is 0 Å². The number of amides is 1. The highest BCUT2D eigenvalue weighted by Gasteiger charge is 2.13. The molecule has 0 saturated carbocycles. The smallest absolute Gasteiger partial charge is 0.298 e. The van der Waals surface area contributed by atoms with Gasteiger partial charge in [0.05, 0.1) is 0 Å². The van der Waals surface area contributed by atoms with Crippen LogP contribution >= 0.6 is 11.3 Å². The second-order valence-electron chi connectivity index (χ2n) is 6.95. The Morgan fingerprint density at radius 2 is 1.83 bits per heavy atom. The number of carbonyl (C=O) groups excluding carboxylic acids is 1. The fourth-order valence-electron chi connectivity index (χ4n) is 3.19. The quantitative estimate of drug-likeness (QED) is 0.484. The minimum absolute atomic E-state index is 0.328. The molecule has 0 radical (unpaired) electrons. The van der Waals surface area contributed by atoms with Crippen LogP contribution in [-0.4, -0.2) is 15.5 Å². The molecule has 4 nitrogen and oxygen atoms in total. The summed E-state index contributed by atoms with van der Waals surface area (Å²) in [5.41, 5.74) is 5.56. The number of hydrogen-bond donors (Lipinski definition) is 0. The molecular weight excluding hydrogens is 378 g/mol. The van der Waals surface area contributed by atoms with Crippen molar-refractivity contribution in [2.24, 2.45) is 4.99 Å². The summed E-state index contributed by atoms with van der Waals surface area (Å²) in [7, 11) is 0. The lowest BCUT2D eigenvalue weighted by Crippen LogP contribution is -2.22. The molecule has 1 amide bonds. The summed E-state index contributed by atoms with van der Waals surface area (Å²) in [5, 5.41) is 2.62. The number of aryl methyl sites for hydroxylation is 2. The summed E-state index contributed by atoms with van der Waals surface area (Å²) in [4.78, 5) is 21.7. The second-order valence-corrected chi connectivity index (χ2v) is 7.80. The first-order chi connectivity index (χ1) is 14.1. The summed E-state index contributed by atoms with van der Waals surface area (Å²) < 4.78 is 1.96. The maximum Gasteiger partial charge on any atom is 0.298 e. The minimum Gasteiger partial charge on any atom is -0.328 e. The van der Waals surface area contributed by atoms with E-state index in [1.165, 1.54) is 16.9 Å². The number of hydrogen-bond acceptors (Lipinski definition) is 3. The molecule has 2 aromatic heterocycles. The number of aromatic nitrogens is 2. The van der Waals surface area contributed by atoms with Gasteiger partial charge in [0.15, 0.2) is 0 Å². The topological polar surface area (TPSA) is 47.2 Å². The van der Waals surface area contributed by atoms with Gasteiger partial charge >= 0.3 is 0 Å². The number of pyridine rings is 1. The standard InChI is InChI=1S/C24H21N3OS/c1-17-11-12-20(18(2)14-17)24-25-21(16-29-24)23(28)26-22-10-6-7-13-27(22)15-19-8-4-3-5-9-19/h3-14,16H,15H2,1-2H3. The maximum atomic E-state index is 12.8. The van der Waals surface area contributed by atoms with E-state index in [1.807, 2.05) is 47.2 Å². The molecule has 29 heavy (non-hydrogen) atoms. The van der Waals surface area contributed by atoms with E-state index in [1.54, 1.807) is 5.38 Å². The average Bonchev–Trinajstić information content (AvgIpc) is 3.20. The molecule has 0 N–H and O–H groups in total. The molecule has 0 unspecified atom stereocenters. The van der Waals surface area contributed by atoms with Crippen LogP contribution in [0.5, 0.6) is 0 Å². The molecule has 0 aliphatic carbocycles. The van der Waals surface area contributed by atoms with E-state index in [2.05, 4.69) is 54.2 Å². The number of benzene rings is 2. The Hall–Kier alpha value is -3.31. The van der Waals surface area contributed by atoms with Gasteiger partial charge in [-0.1, -0.05) is 60.2 Å². The number of nitrogens with zero attached hydrogens (tertiary/aromatic N) is 3. The Bertz CT molecular complexity index is 1220. The lowest BCUT2D eigenvalue weighted by molar-refractivity contribution is 0.0993. The van der Waals surface area contributed by atoms with Crippen LogP contribution in [0.15, 0.2) is 83.3 Å². The van der Waals surface area contributed by atoms with Gasteiger partial charge in [-0.3, -0.25) is 4.79 Å². The molecule has 144 valence electrons. The highest BCUT2D eigenvalue weighted by Crippen LogP contribution is 2.27. The monoisotopic (exact) mass is 399 g/mol. The van der Waals surface area contributed by atoms with Crippen molar-refractivity contribution < 1.29 is 4.79 Å². The zero-order valence-corrected chi connectivity index (χ0v) is 17.2. The first kappa shape index (κ1) is 19.0. The first-order valence-electron chi connectivity index (χ1n) is 9.42. The molecule has 0 atom stereocenters. The fourth-order valence-corrected chi connectivity index (χ4v) is 4.08. The maximum absolute atomic E-state index is 12.8. The third-order valence-electron chi connectivity index (χ3n) is 4.66. The van der Waals surface area contributed by atoms with Gasteiger partial charge in [-0.15, -0.1) is 11.3 Å². The normalized spacial score (nSPS) is 11.6. The van der Waals surface area contributed by atoms with Crippen molar-refractivity contribution in [3.8, 4) is 10.6 Å². The van der Waals surface area contributed by atoms with Gasteiger partial charge in [-0.05, 0) is 37.1 Å². The summed E-state index contributed by atoms with van der Waals surface area (Å²) in [6.07, 6.45) is 1.93. The van der Waals surface area contributed by atoms with E-state index in [0.717, 1.165) is 21.7 Å². The first-order valence-corrected chi connectivity index (χ1v) is 10.3. The molecule has 0 bridgehead atoms. The largest absolute Gasteiger partial charge is 0.328 e. The molecule has 2 aromatic carbocycles. The van der Waals surface area contributed by atoms with Gasteiger partial charge < -0.3 is 4.57 Å². The zero-order chi connectivity index (χ0) is 20.2. The highest BCUT2D eigenvalue weighted by molar-refractivity contribution is 7.13. The Kier molecular flexibility index (Phi) is 5.49. The van der Waals surface area contributed by atoms with Gasteiger partial charge in [0.25, 0.3) is 5.91 Å². The minimum atomic E-state index is -0.328. The van der Waals surface area contributed by atoms with Crippen molar-refractivity contribution in [3.05, 3.63) is 106 Å². The van der Waals surface area contributed by atoms with Crippen LogP contribution in [0.4, 0.5) is 0 Å². The van der Waals surface area contributed by atoms with E-state index in [-0.39, 0.29) is 5.91 Å². The highest BCUT2D eigenvalue weighted by atomic mass is 32.1. The molecule has 0 aliphatic rings. The van der Waals surface area contributed by atoms with Crippen LogP contribution < -0.4 is 5.49 Å². The second kappa shape index (κ2) is 8.37. The lowest BCUT2D eigenvalue weighted by atomic mass is 10.1. The molecule has 0 aliphatic heterocycles. The van der Waals surface area contributed by atoms with Crippen molar-refractivity contribution >= 4 is 17.2 Å². The molecule has 0 saturated heterocycles. The van der Waals surface area contributed by atoms with Crippen molar-refractivity contribution in [1.82, 2.24) is 9.55 Å². The zero-order valence-electron chi connectivity index (χ0n) is 16.4. The third kappa shape index (κ3) is 4.41. The molecule has 0 spiro atoms. The number of rotatable bonds is 4. The molecule has 4 aromatic rings. The van der Waals surface area contributed by atoms with E-state index in [4.69, 9.17) is 0 Å². The molecule has 5 heteroatoms. The van der Waals surface area contributed by atoms with Gasteiger partial charge in [0, 0.05) is 23.7 Å². The Morgan fingerprint density at radius 3 is 2.62 bits per heavy atom. The van der Waals surface area contributed by atoms with Crippen LogP contribution in [0.25, 0.3) is 10.6 Å². The van der Waals surface area contributed by atoms with Gasteiger partial charge in [-0.2, -0.15) is 4.99 Å². The van der Waals surface area contributed by atoms with Crippen molar-refractivity contribution in [2.45, 2.75) is 20.4 Å². The van der Waals surface area contributed by atoms with E-state index in [9.17, 15) is 4.79 Å². The summed E-state index contributed by atoms with van der Waals surface area (Å²) in [6.45, 7) is 4.78. The summed E-state index contributed by atoms with van der Waals surface area (Å²) in [6, 6.07) is 22.0. The molecule has 4 rings (SSSR count). The van der Waals surface area contributed by atoms with Crippen LogP contribution in [0.1, 0.15) is 27.2 Å². The summed E-state index contributed by atoms with van der Waals surface area (Å²) in [5.74, 6) is -0.328. The lowest BCUT2D eigenvalue weighted by Gasteiger charge is -2.07. The van der Waals surface area contributed by atoms with Crippen LogP contribution in [-0.2, 0) is 6.54 Å². The van der Waals surface area contributed by atoms with Gasteiger partial charge in [0.1, 0.15) is 16.2 Å².